The maximum Gasteiger partial charge on any atom is 0.0476 e. The van der Waals surface area contributed by atoms with Gasteiger partial charge in [0.1, 0.15) is 0 Å². The minimum absolute atomic E-state index is 0.0356. The monoisotopic (exact) mass is 693 g/mol. The van der Waals surface area contributed by atoms with Crippen molar-refractivity contribution < 1.29 is 0 Å². The van der Waals surface area contributed by atoms with Crippen LogP contribution in [0, 0.1) is 0 Å². The highest BCUT2D eigenvalue weighted by molar-refractivity contribution is 7.25. The van der Waals surface area contributed by atoms with Gasteiger partial charge in [0.2, 0.25) is 0 Å². The summed E-state index contributed by atoms with van der Waals surface area (Å²) in [5, 5.41) is 10.4. The van der Waals surface area contributed by atoms with Crippen molar-refractivity contribution in [3.05, 3.63) is 187 Å². The van der Waals surface area contributed by atoms with Gasteiger partial charge in [-0.1, -0.05) is 141 Å². The van der Waals surface area contributed by atoms with E-state index in [1.54, 1.807) is 0 Å². The first-order chi connectivity index (χ1) is 26.0. The molecule has 0 amide bonds. The van der Waals surface area contributed by atoms with E-state index in [9.17, 15) is 0 Å². The molecule has 1 aromatic heterocycles. The molecular weight excluding hydrogens is 659 g/mol. The molecule has 0 saturated heterocycles. The summed E-state index contributed by atoms with van der Waals surface area (Å²) in [6, 6.07) is 65.5. The number of anilines is 3. The Bertz CT molecular complexity index is 3090. The Morgan fingerprint density at radius 3 is 1.89 bits per heavy atom. The molecular formula is C51H35NS. The number of hydrogen-bond donors (Lipinski definition) is 0. The molecule has 1 aliphatic rings. The van der Waals surface area contributed by atoms with Crippen molar-refractivity contribution in [2.75, 3.05) is 4.90 Å². The highest BCUT2D eigenvalue weighted by Gasteiger charge is 2.35. The number of fused-ring (bicyclic) bond motifs is 11. The van der Waals surface area contributed by atoms with Crippen molar-refractivity contribution in [2.24, 2.45) is 0 Å². The molecule has 11 rings (SSSR count). The lowest BCUT2D eigenvalue weighted by atomic mass is 9.82. The zero-order valence-electron chi connectivity index (χ0n) is 29.6. The second kappa shape index (κ2) is 11.4. The molecule has 0 fully saturated rings. The molecule has 1 aliphatic carbocycles. The van der Waals surface area contributed by atoms with Crippen molar-refractivity contribution in [1.82, 2.24) is 0 Å². The maximum absolute atomic E-state index is 2.43. The second-order valence-electron chi connectivity index (χ2n) is 14.9. The molecule has 0 N–H and O–H groups in total. The van der Waals surface area contributed by atoms with Gasteiger partial charge in [-0.25, -0.2) is 0 Å². The van der Waals surface area contributed by atoms with Crippen molar-refractivity contribution in [2.45, 2.75) is 19.3 Å². The number of nitrogens with zero attached hydrogens (tertiary/aromatic N) is 1. The maximum atomic E-state index is 2.43. The van der Waals surface area contributed by atoms with E-state index in [4.69, 9.17) is 0 Å². The fraction of sp³-hybridized carbons (Fsp3) is 0.0588. The molecule has 0 radical (unpaired) electrons. The fourth-order valence-corrected chi connectivity index (χ4v) is 10.1. The summed E-state index contributed by atoms with van der Waals surface area (Å²) < 4.78 is 2.62. The summed E-state index contributed by atoms with van der Waals surface area (Å²) in [5.74, 6) is 0. The van der Waals surface area contributed by atoms with E-state index in [0.717, 1.165) is 17.1 Å². The molecule has 0 atom stereocenters. The Morgan fingerprint density at radius 2 is 1.00 bits per heavy atom. The Kier molecular flexibility index (Phi) is 6.53. The van der Waals surface area contributed by atoms with Crippen molar-refractivity contribution in [1.29, 1.82) is 0 Å². The van der Waals surface area contributed by atoms with Crippen LogP contribution in [0.15, 0.2) is 176 Å². The molecule has 2 heteroatoms. The van der Waals surface area contributed by atoms with Crippen LogP contribution in [0.1, 0.15) is 25.0 Å². The van der Waals surface area contributed by atoms with E-state index in [-0.39, 0.29) is 5.41 Å². The Labute approximate surface area is 313 Å². The van der Waals surface area contributed by atoms with Crippen LogP contribution >= 0.6 is 11.3 Å². The molecule has 0 spiro atoms. The van der Waals surface area contributed by atoms with Gasteiger partial charge < -0.3 is 4.90 Å². The molecule has 0 saturated carbocycles. The summed E-state index contributed by atoms with van der Waals surface area (Å²) in [7, 11) is 0. The Hall–Kier alpha value is -6.22. The molecule has 9 aromatic carbocycles. The van der Waals surface area contributed by atoms with Gasteiger partial charge in [0.15, 0.2) is 0 Å². The summed E-state index contributed by atoms with van der Waals surface area (Å²) in [6.07, 6.45) is 0. The smallest absolute Gasteiger partial charge is 0.0476 e. The van der Waals surface area contributed by atoms with Gasteiger partial charge in [-0.2, -0.15) is 0 Å². The third kappa shape index (κ3) is 4.62. The molecule has 1 nitrogen and oxygen atoms in total. The number of benzene rings is 9. The second-order valence-corrected chi connectivity index (χ2v) is 16.0. The van der Waals surface area contributed by atoms with Crippen LogP contribution in [0.3, 0.4) is 0 Å². The van der Waals surface area contributed by atoms with Crippen LogP contribution in [-0.2, 0) is 5.41 Å². The van der Waals surface area contributed by atoms with Crippen LogP contribution in [0.5, 0.6) is 0 Å². The molecule has 1 heterocycles. The quantitative estimate of drug-likeness (QED) is 0.166. The predicted molar refractivity (Wildman–Crippen MR) is 230 cm³/mol. The van der Waals surface area contributed by atoms with E-state index in [1.807, 2.05) is 11.3 Å². The van der Waals surface area contributed by atoms with E-state index in [1.165, 1.54) is 85.9 Å². The summed E-state index contributed by atoms with van der Waals surface area (Å²) >= 11 is 1.87. The van der Waals surface area contributed by atoms with Crippen molar-refractivity contribution in [3.8, 4) is 22.3 Å². The fourth-order valence-electron chi connectivity index (χ4n) is 8.97. The minimum atomic E-state index is -0.0356. The topological polar surface area (TPSA) is 3.24 Å². The summed E-state index contributed by atoms with van der Waals surface area (Å²) in [5.41, 5.74) is 11.3. The van der Waals surface area contributed by atoms with Crippen LogP contribution in [-0.4, -0.2) is 0 Å². The zero-order chi connectivity index (χ0) is 35.3. The van der Waals surface area contributed by atoms with Crippen LogP contribution < -0.4 is 4.90 Å². The third-order valence-electron chi connectivity index (χ3n) is 11.6. The normalized spacial score (nSPS) is 13.2. The third-order valence-corrected chi connectivity index (χ3v) is 12.8. The number of rotatable bonds is 4. The standard InChI is InChI=1S/C51H35NS/c1-51(2)46-13-7-5-11-42(46)45-30-38(25-28-47(45)51)52(39-24-27-44-43-12-6-8-14-48(43)53-49(44)31-39)37-22-19-32(20-23-37)35-21-26-41-36(29-35)18-17-34-16-15-33-9-3-4-10-40(33)50(34)41/h3-31H,1-2H3. The molecule has 0 unspecified atom stereocenters. The number of thiophene rings is 1. The van der Waals surface area contributed by atoms with E-state index >= 15 is 0 Å². The molecule has 0 aliphatic heterocycles. The number of hydrogen-bond acceptors (Lipinski definition) is 2. The molecule has 53 heavy (non-hydrogen) atoms. The van der Waals surface area contributed by atoms with Gasteiger partial charge in [-0.3, -0.25) is 0 Å². The van der Waals surface area contributed by atoms with E-state index in [2.05, 4.69) is 195 Å². The van der Waals surface area contributed by atoms with Gasteiger partial charge in [-0.15, -0.1) is 11.3 Å². The average molecular weight is 694 g/mol. The lowest BCUT2D eigenvalue weighted by Gasteiger charge is -2.27. The summed E-state index contributed by atoms with van der Waals surface area (Å²) in [6.45, 7) is 4.70. The largest absolute Gasteiger partial charge is 0.310 e. The lowest BCUT2D eigenvalue weighted by molar-refractivity contribution is 0.660. The lowest BCUT2D eigenvalue weighted by Crippen LogP contribution is -2.15. The summed E-state index contributed by atoms with van der Waals surface area (Å²) in [4.78, 5) is 2.43. The van der Waals surface area contributed by atoms with Gasteiger partial charge in [-0.05, 0) is 114 Å². The Morgan fingerprint density at radius 1 is 0.396 bits per heavy atom. The molecule has 0 bridgehead atoms. The first-order valence-corrected chi connectivity index (χ1v) is 19.2. The van der Waals surface area contributed by atoms with Gasteiger partial charge in [0, 0.05) is 42.6 Å². The van der Waals surface area contributed by atoms with Crippen molar-refractivity contribution >= 4 is 80.9 Å². The van der Waals surface area contributed by atoms with Crippen LogP contribution in [0.2, 0.25) is 0 Å². The van der Waals surface area contributed by atoms with Crippen LogP contribution in [0.4, 0.5) is 17.1 Å². The Balaban J connectivity index is 1.04. The van der Waals surface area contributed by atoms with Crippen molar-refractivity contribution in [3.63, 3.8) is 0 Å². The minimum Gasteiger partial charge on any atom is -0.310 e. The van der Waals surface area contributed by atoms with Gasteiger partial charge in [0.05, 0.1) is 0 Å². The molecule has 10 aromatic rings. The average Bonchev–Trinajstić information content (AvgIpc) is 3.69. The van der Waals surface area contributed by atoms with E-state index < -0.39 is 0 Å². The SMILES string of the molecule is CC1(C)c2ccccc2-c2cc(N(c3ccc(-c4ccc5c(ccc6ccc7ccccc7c65)c4)cc3)c3ccc4c(c3)sc3ccccc34)ccc21. The van der Waals surface area contributed by atoms with E-state index in [0.29, 0.717) is 0 Å². The first-order valence-electron chi connectivity index (χ1n) is 18.4. The first kappa shape index (κ1) is 30.4. The van der Waals surface area contributed by atoms with Gasteiger partial charge in [0.25, 0.3) is 0 Å². The highest BCUT2D eigenvalue weighted by atomic mass is 32.1. The van der Waals surface area contributed by atoms with Crippen LogP contribution in [0.25, 0.3) is 74.7 Å². The molecule has 250 valence electrons. The van der Waals surface area contributed by atoms with Gasteiger partial charge >= 0.3 is 0 Å². The zero-order valence-corrected chi connectivity index (χ0v) is 30.4. The highest BCUT2D eigenvalue weighted by Crippen LogP contribution is 2.51. The predicted octanol–water partition coefficient (Wildman–Crippen LogP) is 15.0.